The largest absolute Gasteiger partial charge is 0.368 e. The standard InChI is InChI=1S/C23H31ClN6O.HI/c1-2-25-23(26-12-10-19-8-9-21(24)28-18-19)27-13-11-22(31)30-16-14-29(15-17-30)20-6-4-3-5-7-20;/h3-9,18H,2,10-17H2,1H3,(H2,25,26,27);1H. The number of nitrogens with zero attached hydrogens (tertiary/aromatic N) is 4. The number of aliphatic imine (C=N–C) groups is 1. The summed E-state index contributed by atoms with van der Waals surface area (Å²) in [7, 11) is 0. The van der Waals surface area contributed by atoms with Crippen LogP contribution in [0.15, 0.2) is 53.7 Å². The summed E-state index contributed by atoms with van der Waals surface area (Å²) in [5.74, 6) is 0.894. The fraction of sp³-hybridized carbons (Fsp3) is 0.435. The van der Waals surface area contributed by atoms with Crippen molar-refractivity contribution in [3.05, 3.63) is 59.4 Å². The Labute approximate surface area is 212 Å². The van der Waals surface area contributed by atoms with E-state index in [9.17, 15) is 4.79 Å². The Balaban J connectivity index is 0.00000363. The summed E-state index contributed by atoms with van der Waals surface area (Å²) < 4.78 is 0. The minimum absolute atomic E-state index is 0. The molecular formula is C23H32ClIN6O. The highest BCUT2D eigenvalue weighted by molar-refractivity contribution is 14.0. The Morgan fingerprint density at radius 3 is 2.50 bits per heavy atom. The molecule has 0 radical (unpaired) electrons. The molecule has 0 atom stereocenters. The van der Waals surface area contributed by atoms with Crippen molar-refractivity contribution < 1.29 is 4.79 Å². The molecule has 1 aromatic carbocycles. The van der Waals surface area contributed by atoms with Crippen LogP contribution in [0.2, 0.25) is 5.15 Å². The number of nitrogens with one attached hydrogen (secondary N) is 2. The van der Waals surface area contributed by atoms with Crippen LogP contribution in [0.3, 0.4) is 0 Å². The van der Waals surface area contributed by atoms with Crippen molar-refractivity contribution in [3.63, 3.8) is 0 Å². The molecule has 32 heavy (non-hydrogen) atoms. The highest BCUT2D eigenvalue weighted by atomic mass is 127. The van der Waals surface area contributed by atoms with Crippen LogP contribution in [0, 0.1) is 0 Å². The predicted molar refractivity (Wildman–Crippen MR) is 142 cm³/mol. The molecule has 9 heteroatoms. The first-order valence-electron chi connectivity index (χ1n) is 10.9. The van der Waals surface area contributed by atoms with E-state index in [1.807, 2.05) is 36.1 Å². The van der Waals surface area contributed by atoms with E-state index in [1.165, 1.54) is 5.69 Å². The first-order chi connectivity index (χ1) is 15.2. The van der Waals surface area contributed by atoms with Gasteiger partial charge in [0.05, 0.1) is 6.54 Å². The third-order valence-electron chi connectivity index (χ3n) is 5.19. The SMILES string of the molecule is CCNC(=NCCC(=O)N1CCN(c2ccccc2)CC1)NCCc1ccc(Cl)nc1.I. The number of rotatable bonds is 8. The zero-order valence-electron chi connectivity index (χ0n) is 18.5. The summed E-state index contributed by atoms with van der Waals surface area (Å²) in [6, 6.07) is 14.1. The second-order valence-electron chi connectivity index (χ2n) is 7.38. The number of hydrogen-bond acceptors (Lipinski definition) is 4. The van der Waals surface area contributed by atoms with Gasteiger partial charge in [-0.15, -0.1) is 24.0 Å². The van der Waals surface area contributed by atoms with Crippen molar-refractivity contribution in [2.24, 2.45) is 4.99 Å². The van der Waals surface area contributed by atoms with Crippen molar-refractivity contribution in [1.29, 1.82) is 0 Å². The molecule has 1 aliphatic heterocycles. The fourth-order valence-corrected chi connectivity index (χ4v) is 3.61. The van der Waals surface area contributed by atoms with E-state index in [1.54, 1.807) is 12.3 Å². The Kier molecular flexibility index (Phi) is 11.6. The first kappa shape index (κ1) is 26.2. The molecule has 1 aliphatic rings. The molecule has 0 bridgehead atoms. The van der Waals surface area contributed by atoms with Crippen molar-refractivity contribution in [3.8, 4) is 0 Å². The van der Waals surface area contributed by atoms with Crippen molar-refractivity contribution >= 4 is 53.1 Å². The summed E-state index contributed by atoms with van der Waals surface area (Å²) in [5.41, 5.74) is 2.33. The number of anilines is 1. The summed E-state index contributed by atoms with van der Waals surface area (Å²) in [5, 5.41) is 7.03. The molecule has 1 fully saturated rings. The quantitative estimate of drug-likeness (QED) is 0.221. The molecule has 0 saturated carbocycles. The normalized spacial score (nSPS) is 14.0. The average Bonchev–Trinajstić information content (AvgIpc) is 2.81. The van der Waals surface area contributed by atoms with Crippen LogP contribution in [0.4, 0.5) is 5.69 Å². The van der Waals surface area contributed by atoms with Gasteiger partial charge in [-0.2, -0.15) is 0 Å². The van der Waals surface area contributed by atoms with Gasteiger partial charge in [0.1, 0.15) is 5.15 Å². The second kappa shape index (κ2) is 14.2. The highest BCUT2D eigenvalue weighted by Crippen LogP contribution is 2.15. The molecule has 2 heterocycles. The number of piperazine rings is 1. The number of hydrogen-bond donors (Lipinski definition) is 2. The maximum absolute atomic E-state index is 12.6. The number of carbonyl (C=O) groups is 1. The molecule has 2 N–H and O–H groups in total. The molecule has 3 rings (SSSR count). The van der Waals surface area contributed by atoms with E-state index >= 15 is 0 Å². The number of guanidine groups is 1. The molecule has 0 spiro atoms. The molecule has 1 saturated heterocycles. The van der Waals surface area contributed by atoms with Crippen LogP contribution in [0.25, 0.3) is 0 Å². The Morgan fingerprint density at radius 2 is 1.84 bits per heavy atom. The molecule has 1 aromatic heterocycles. The van der Waals surface area contributed by atoms with Gasteiger partial charge in [-0.1, -0.05) is 35.9 Å². The number of amides is 1. The number of para-hydroxylation sites is 1. The van der Waals surface area contributed by atoms with Crippen LogP contribution in [0.5, 0.6) is 0 Å². The molecule has 0 aliphatic carbocycles. The maximum Gasteiger partial charge on any atom is 0.224 e. The van der Waals surface area contributed by atoms with Crippen molar-refractivity contribution in [1.82, 2.24) is 20.5 Å². The number of halogens is 2. The predicted octanol–water partition coefficient (Wildman–Crippen LogP) is 3.19. The monoisotopic (exact) mass is 570 g/mol. The average molecular weight is 571 g/mol. The van der Waals surface area contributed by atoms with Crippen LogP contribution >= 0.6 is 35.6 Å². The summed E-state index contributed by atoms with van der Waals surface area (Å²) in [6.45, 7) is 7.23. The third-order valence-corrected chi connectivity index (χ3v) is 5.41. The zero-order valence-corrected chi connectivity index (χ0v) is 21.6. The Bertz CT molecular complexity index is 841. The van der Waals surface area contributed by atoms with Crippen LogP contribution in [-0.2, 0) is 11.2 Å². The van der Waals surface area contributed by atoms with E-state index in [-0.39, 0.29) is 29.9 Å². The number of pyridine rings is 1. The van der Waals surface area contributed by atoms with Crippen molar-refractivity contribution in [2.75, 3.05) is 50.7 Å². The van der Waals surface area contributed by atoms with Gasteiger partial charge in [0, 0.05) is 57.6 Å². The lowest BCUT2D eigenvalue weighted by atomic mass is 10.2. The van der Waals surface area contributed by atoms with Gasteiger partial charge in [0.2, 0.25) is 5.91 Å². The van der Waals surface area contributed by atoms with E-state index in [2.05, 4.69) is 37.6 Å². The van der Waals surface area contributed by atoms with Crippen LogP contribution in [-0.4, -0.2) is 67.6 Å². The van der Waals surface area contributed by atoms with Gasteiger partial charge < -0.3 is 20.4 Å². The maximum atomic E-state index is 12.6. The third kappa shape index (κ3) is 8.46. The van der Waals surface area contributed by atoms with Gasteiger partial charge in [-0.05, 0) is 37.1 Å². The minimum Gasteiger partial charge on any atom is -0.368 e. The molecule has 2 aromatic rings. The zero-order chi connectivity index (χ0) is 21.9. The number of benzene rings is 1. The Hall–Kier alpha value is -2.07. The molecule has 1 amide bonds. The number of aromatic nitrogens is 1. The highest BCUT2D eigenvalue weighted by Gasteiger charge is 2.20. The molecule has 0 unspecified atom stereocenters. The Morgan fingerprint density at radius 1 is 1.09 bits per heavy atom. The lowest BCUT2D eigenvalue weighted by Crippen LogP contribution is -2.49. The van der Waals surface area contributed by atoms with Gasteiger partial charge in [-0.3, -0.25) is 9.79 Å². The van der Waals surface area contributed by atoms with E-state index in [0.29, 0.717) is 18.1 Å². The van der Waals surface area contributed by atoms with Gasteiger partial charge >= 0.3 is 0 Å². The van der Waals surface area contributed by atoms with Crippen LogP contribution < -0.4 is 15.5 Å². The number of carbonyl (C=O) groups excluding carboxylic acids is 1. The minimum atomic E-state index is 0. The molecule has 7 nitrogen and oxygen atoms in total. The fourth-order valence-electron chi connectivity index (χ4n) is 3.50. The molecular weight excluding hydrogens is 539 g/mol. The summed E-state index contributed by atoms with van der Waals surface area (Å²) in [4.78, 5) is 25.5. The lowest BCUT2D eigenvalue weighted by molar-refractivity contribution is -0.131. The van der Waals surface area contributed by atoms with E-state index < -0.39 is 0 Å². The van der Waals surface area contributed by atoms with Gasteiger partial charge in [0.25, 0.3) is 0 Å². The van der Waals surface area contributed by atoms with Gasteiger partial charge in [-0.25, -0.2) is 4.98 Å². The summed E-state index contributed by atoms with van der Waals surface area (Å²) in [6.07, 6.45) is 3.02. The first-order valence-corrected chi connectivity index (χ1v) is 11.2. The van der Waals surface area contributed by atoms with E-state index in [4.69, 9.17) is 11.6 Å². The second-order valence-corrected chi connectivity index (χ2v) is 7.77. The molecule has 174 valence electrons. The van der Waals surface area contributed by atoms with Crippen LogP contribution in [0.1, 0.15) is 18.9 Å². The summed E-state index contributed by atoms with van der Waals surface area (Å²) >= 11 is 5.82. The lowest BCUT2D eigenvalue weighted by Gasteiger charge is -2.36. The smallest absolute Gasteiger partial charge is 0.224 e. The van der Waals surface area contributed by atoms with Gasteiger partial charge in [0.15, 0.2) is 5.96 Å². The van der Waals surface area contributed by atoms with Crippen molar-refractivity contribution in [2.45, 2.75) is 19.8 Å². The van der Waals surface area contributed by atoms with E-state index in [0.717, 1.165) is 57.2 Å². The topological polar surface area (TPSA) is 72.9 Å².